The molecule has 16 heavy (non-hydrogen) atoms. The van der Waals surface area contributed by atoms with E-state index in [2.05, 4.69) is 10.3 Å². The van der Waals surface area contributed by atoms with Crippen LogP contribution in [0.5, 0.6) is 0 Å². The maximum Gasteiger partial charge on any atom is 0.175 e. The number of hydrogen-bond acceptors (Lipinski definition) is 4. The van der Waals surface area contributed by atoms with Gasteiger partial charge in [0.25, 0.3) is 0 Å². The Bertz CT molecular complexity index is 517. The predicted octanol–water partition coefficient (Wildman–Crippen LogP) is 1.74. The lowest BCUT2D eigenvalue weighted by atomic mass is 10.1. The largest absolute Gasteiger partial charge is 0.409 e. The molecule has 0 unspecified atom stereocenters. The van der Waals surface area contributed by atoms with Crippen LogP contribution in [0.3, 0.4) is 0 Å². The van der Waals surface area contributed by atoms with Crippen LogP contribution in [-0.2, 0) is 0 Å². The van der Waals surface area contributed by atoms with E-state index in [9.17, 15) is 0 Å². The van der Waals surface area contributed by atoms with Crippen molar-refractivity contribution in [2.75, 3.05) is 0 Å². The Labute approximate surface area is 92.2 Å². The molecule has 3 N–H and O–H groups in total. The SMILES string of the molecule is Cc1onc(-c2ccccc2)c1/C(N)=N/O. The van der Waals surface area contributed by atoms with Crippen molar-refractivity contribution in [3.05, 3.63) is 41.7 Å². The summed E-state index contributed by atoms with van der Waals surface area (Å²) in [6.45, 7) is 1.72. The molecule has 5 nitrogen and oxygen atoms in total. The van der Waals surface area contributed by atoms with Gasteiger partial charge in [-0.15, -0.1) is 0 Å². The summed E-state index contributed by atoms with van der Waals surface area (Å²) in [5.41, 5.74) is 7.54. The number of hydrogen-bond donors (Lipinski definition) is 2. The maximum absolute atomic E-state index is 8.70. The van der Waals surface area contributed by atoms with Crippen LogP contribution in [0.1, 0.15) is 11.3 Å². The summed E-state index contributed by atoms with van der Waals surface area (Å²) >= 11 is 0. The molecule has 0 aliphatic carbocycles. The molecule has 82 valence electrons. The summed E-state index contributed by atoms with van der Waals surface area (Å²) in [7, 11) is 0. The molecule has 0 bridgehead atoms. The van der Waals surface area contributed by atoms with Crippen LogP contribution in [0.4, 0.5) is 0 Å². The van der Waals surface area contributed by atoms with E-state index in [0.717, 1.165) is 5.56 Å². The van der Waals surface area contributed by atoms with Gasteiger partial charge in [-0.05, 0) is 6.92 Å². The van der Waals surface area contributed by atoms with Gasteiger partial charge in [-0.2, -0.15) is 0 Å². The molecule has 0 saturated carbocycles. The Hall–Kier alpha value is -2.30. The van der Waals surface area contributed by atoms with Gasteiger partial charge in [-0.3, -0.25) is 0 Å². The van der Waals surface area contributed by atoms with Crippen molar-refractivity contribution in [1.82, 2.24) is 5.16 Å². The van der Waals surface area contributed by atoms with Crippen molar-refractivity contribution in [1.29, 1.82) is 0 Å². The third-order valence-electron chi connectivity index (χ3n) is 2.27. The Balaban J connectivity index is 2.59. The van der Waals surface area contributed by atoms with Gasteiger partial charge in [-0.1, -0.05) is 40.6 Å². The van der Waals surface area contributed by atoms with E-state index in [4.69, 9.17) is 15.5 Å². The number of oxime groups is 1. The molecule has 2 aromatic rings. The van der Waals surface area contributed by atoms with Crippen LogP contribution in [-0.4, -0.2) is 16.2 Å². The zero-order chi connectivity index (χ0) is 11.5. The number of aryl methyl sites for hydroxylation is 1. The lowest BCUT2D eigenvalue weighted by Crippen LogP contribution is -2.14. The number of rotatable bonds is 2. The van der Waals surface area contributed by atoms with Crippen molar-refractivity contribution in [2.45, 2.75) is 6.92 Å². The zero-order valence-corrected chi connectivity index (χ0v) is 8.71. The van der Waals surface area contributed by atoms with Crippen molar-refractivity contribution < 1.29 is 9.73 Å². The monoisotopic (exact) mass is 217 g/mol. The highest BCUT2D eigenvalue weighted by atomic mass is 16.5. The molecule has 0 amide bonds. The van der Waals surface area contributed by atoms with Crippen molar-refractivity contribution in [3.63, 3.8) is 0 Å². The molecule has 1 heterocycles. The molecule has 1 aromatic heterocycles. The van der Waals surface area contributed by atoms with Gasteiger partial charge in [0.2, 0.25) is 0 Å². The highest BCUT2D eigenvalue weighted by molar-refractivity contribution is 6.03. The van der Waals surface area contributed by atoms with Crippen LogP contribution in [0.15, 0.2) is 40.0 Å². The second-order valence-corrected chi connectivity index (χ2v) is 3.31. The van der Waals surface area contributed by atoms with Crippen molar-refractivity contribution in [3.8, 4) is 11.3 Å². The molecule has 0 aliphatic heterocycles. The first-order chi connectivity index (χ1) is 7.74. The molecule has 0 spiro atoms. The van der Waals surface area contributed by atoms with Gasteiger partial charge in [0.15, 0.2) is 5.84 Å². The van der Waals surface area contributed by atoms with Gasteiger partial charge >= 0.3 is 0 Å². The first-order valence-corrected chi connectivity index (χ1v) is 4.73. The standard InChI is InChI=1S/C11H11N3O2/c1-7-9(11(12)13-15)10(14-16-7)8-5-3-2-4-6-8/h2-6,15H,1H3,(H2,12,13). The Kier molecular flexibility index (Phi) is 2.59. The van der Waals surface area contributed by atoms with Crippen LogP contribution >= 0.6 is 0 Å². The van der Waals surface area contributed by atoms with Crippen LogP contribution in [0, 0.1) is 6.92 Å². The van der Waals surface area contributed by atoms with Gasteiger partial charge in [0, 0.05) is 5.56 Å². The van der Waals surface area contributed by atoms with E-state index >= 15 is 0 Å². The maximum atomic E-state index is 8.70. The minimum absolute atomic E-state index is 0.00222. The molecule has 2 rings (SSSR count). The van der Waals surface area contributed by atoms with E-state index in [0.29, 0.717) is 17.0 Å². The van der Waals surface area contributed by atoms with Gasteiger partial charge < -0.3 is 15.5 Å². The second-order valence-electron chi connectivity index (χ2n) is 3.31. The second kappa shape index (κ2) is 4.06. The first-order valence-electron chi connectivity index (χ1n) is 4.73. The molecule has 0 atom stereocenters. The summed E-state index contributed by atoms with van der Waals surface area (Å²) in [5, 5.41) is 15.6. The third kappa shape index (κ3) is 1.63. The van der Waals surface area contributed by atoms with E-state index in [1.807, 2.05) is 30.3 Å². The predicted molar refractivity (Wildman–Crippen MR) is 59.2 cm³/mol. The minimum Gasteiger partial charge on any atom is -0.409 e. The number of amidine groups is 1. The Morgan fingerprint density at radius 3 is 2.69 bits per heavy atom. The van der Waals surface area contributed by atoms with Crippen molar-refractivity contribution in [2.24, 2.45) is 10.9 Å². The highest BCUT2D eigenvalue weighted by Crippen LogP contribution is 2.24. The van der Waals surface area contributed by atoms with Crippen LogP contribution < -0.4 is 5.73 Å². The van der Waals surface area contributed by atoms with Crippen LogP contribution in [0.25, 0.3) is 11.3 Å². The van der Waals surface area contributed by atoms with E-state index < -0.39 is 0 Å². The smallest absolute Gasteiger partial charge is 0.175 e. The topological polar surface area (TPSA) is 84.6 Å². The van der Waals surface area contributed by atoms with Crippen molar-refractivity contribution >= 4 is 5.84 Å². The van der Waals surface area contributed by atoms with E-state index in [1.165, 1.54) is 0 Å². The average molecular weight is 217 g/mol. The van der Waals surface area contributed by atoms with Gasteiger partial charge in [0.1, 0.15) is 11.5 Å². The summed E-state index contributed by atoms with van der Waals surface area (Å²) in [6, 6.07) is 9.43. The molecule has 1 aromatic carbocycles. The summed E-state index contributed by atoms with van der Waals surface area (Å²) in [5.74, 6) is 0.520. The molecule has 5 heteroatoms. The fourth-order valence-electron chi connectivity index (χ4n) is 1.52. The van der Waals surface area contributed by atoms with Gasteiger partial charge in [-0.25, -0.2) is 0 Å². The minimum atomic E-state index is -0.00222. The van der Waals surface area contributed by atoms with E-state index in [-0.39, 0.29) is 5.84 Å². The Morgan fingerprint density at radius 1 is 1.38 bits per heavy atom. The van der Waals surface area contributed by atoms with Gasteiger partial charge in [0.05, 0.1) is 5.56 Å². The number of nitrogens with zero attached hydrogens (tertiary/aromatic N) is 2. The zero-order valence-electron chi connectivity index (χ0n) is 8.71. The fraction of sp³-hybridized carbons (Fsp3) is 0.0909. The first kappa shape index (κ1) is 10.2. The lowest BCUT2D eigenvalue weighted by Gasteiger charge is -1.99. The average Bonchev–Trinajstić information content (AvgIpc) is 2.71. The summed E-state index contributed by atoms with van der Waals surface area (Å²) in [6.07, 6.45) is 0. The number of benzene rings is 1. The number of aromatic nitrogens is 1. The molecule has 0 aliphatic rings. The molecule has 0 saturated heterocycles. The summed E-state index contributed by atoms with van der Waals surface area (Å²) in [4.78, 5) is 0. The normalized spacial score (nSPS) is 11.7. The number of nitrogens with two attached hydrogens (primary N) is 1. The third-order valence-corrected chi connectivity index (χ3v) is 2.27. The molecular weight excluding hydrogens is 206 g/mol. The molecule has 0 radical (unpaired) electrons. The highest BCUT2D eigenvalue weighted by Gasteiger charge is 2.17. The van der Waals surface area contributed by atoms with Crippen LogP contribution in [0.2, 0.25) is 0 Å². The van der Waals surface area contributed by atoms with E-state index in [1.54, 1.807) is 6.92 Å². The lowest BCUT2D eigenvalue weighted by molar-refractivity contribution is 0.318. The summed E-state index contributed by atoms with van der Waals surface area (Å²) < 4.78 is 5.05. The fourth-order valence-corrected chi connectivity index (χ4v) is 1.52. The molecular formula is C11H11N3O2. The Morgan fingerprint density at radius 2 is 2.06 bits per heavy atom. The quantitative estimate of drug-likeness (QED) is 0.347. The molecule has 0 fully saturated rings.